The molecule has 1 aliphatic heterocycles. The highest BCUT2D eigenvalue weighted by atomic mass is 16.7. The van der Waals surface area contributed by atoms with E-state index in [-0.39, 0.29) is 29.9 Å². The third-order valence-corrected chi connectivity index (χ3v) is 4.89. The number of carbonyl (C=O) groups is 2. The van der Waals surface area contributed by atoms with Crippen LogP contribution in [0.2, 0.25) is 0 Å². The van der Waals surface area contributed by atoms with Gasteiger partial charge in [-0.2, -0.15) is 0 Å². The first-order chi connectivity index (χ1) is 13.6. The molecule has 0 spiro atoms. The lowest BCUT2D eigenvalue weighted by molar-refractivity contribution is -0.118. The first kappa shape index (κ1) is 20.7. The second kappa shape index (κ2) is 8.15. The minimum atomic E-state index is -0.671. The minimum absolute atomic E-state index is 0.0139. The number of carbonyl (C=O) groups excluding carboxylic acids is 2. The fourth-order valence-electron chi connectivity index (χ4n) is 3.08. The van der Waals surface area contributed by atoms with E-state index in [1.807, 2.05) is 26.0 Å². The molecule has 0 unspecified atom stereocenters. The Hall–Kier alpha value is -3.02. The van der Waals surface area contributed by atoms with Crippen molar-refractivity contribution in [3.8, 4) is 11.5 Å². The number of benzene rings is 2. The molecule has 1 aliphatic rings. The number of anilines is 1. The van der Waals surface area contributed by atoms with Crippen molar-refractivity contribution in [3.63, 3.8) is 0 Å². The second-order valence-electron chi connectivity index (χ2n) is 8.58. The minimum Gasteiger partial charge on any atom is -0.454 e. The Morgan fingerprint density at radius 3 is 2.24 bits per heavy atom. The Morgan fingerprint density at radius 2 is 1.62 bits per heavy atom. The zero-order valence-corrected chi connectivity index (χ0v) is 17.5. The van der Waals surface area contributed by atoms with E-state index in [2.05, 4.69) is 31.4 Å². The second-order valence-corrected chi connectivity index (χ2v) is 8.58. The highest BCUT2D eigenvalue weighted by Gasteiger charge is 2.26. The van der Waals surface area contributed by atoms with Crippen LogP contribution in [0, 0.1) is 5.92 Å². The number of amides is 2. The first-order valence-corrected chi connectivity index (χ1v) is 9.77. The summed E-state index contributed by atoms with van der Waals surface area (Å²) < 4.78 is 10.6. The molecule has 0 fully saturated rings. The number of fused-ring (bicyclic) bond motifs is 1. The third-order valence-electron chi connectivity index (χ3n) is 4.89. The maximum atomic E-state index is 12.8. The van der Waals surface area contributed by atoms with E-state index in [1.54, 1.807) is 30.3 Å². The molecule has 154 valence electrons. The average Bonchev–Trinajstić information content (AvgIpc) is 3.12. The average molecular weight is 396 g/mol. The van der Waals surface area contributed by atoms with Crippen LogP contribution in [0.4, 0.5) is 5.69 Å². The molecule has 29 heavy (non-hydrogen) atoms. The Bertz CT molecular complexity index is 898. The molecule has 0 aromatic heterocycles. The molecule has 2 amide bonds. The zero-order valence-electron chi connectivity index (χ0n) is 17.5. The topological polar surface area (TPSA) is 76.7 Å². The molecule has 1 atom stereocenters. The number of ether oxygens (including phenoxy) is 2. The van der Waals surface area contributed by atoms with Gasteiger partial charge in [0.1, 0.15) is 6.04 Å². The van der Waals surface area contributed by atoms with Gasteiger partial charge in [-0.05, 0) is 41.2 Å². The molecular weight excluding hydrogens is 368 g/mol. The molecule has 0 radical (unpaired) electrons. The molecule has 3 rings (SSSR count). The summed E-state index contributed by atoms with van der Waals surface area (Å²) in [6, 6.07) is 12.0. The summed E-state index contributed by atoms with van der Waals surface area (Å²) in [6.45, 7) is 10.3. The standard InChI is InChI=1S/C23H28N2O4/c1-14(2)20(22(27)24-17-10-11-18-19(12-17)29-13-28-18)25-21(26)15-6-8-16(9-7-15)23(3,4)5/h6-12,14,20H,13H2,1-5H3,(H,24,27)(H,25,26)/t20-/m0/s1. The monoisotopic (exact) mass is 396 g/mol. The van der Waals surface area contributed by atoms with Gasteiger partial charge in [0, 0.05) is 17.3 Å². The maximum Gasteiger partial charge on any atom is 0.251 e. The summed E-state index contributed by atoms with van der Waals surface area (Å²) in [6.07, 6.45) is 0. The van der Waals surface area contributed by atoms with Crippen molar-refractivity contribution in [2.24, 2.45) is 5.92 Å². The van der Waals surface area contributed by atoms with E-state index in [0.717, 1.165) is 5.56 Å². The first-order valence-electron chi connectivity index (χ1n) is 9.77. The van der Waals surface area contributed by atoms with Gasteiger partial charge in [0.2, 0.25) is 12.7 Å². The van der Waals surface area contributed by atoms with Crippen molar-refractivity contribution in [3.05, 3.63) is 53.6 Å². The van der Waals surface area contributed by atoms with Crippen molar-refractivity contribution in [2.45, 2.75) is 46.1 Å². The lowest BCUT2D eigenvalue weighted by atomic mass is 9.86. The van der Waals surface area contributed by atoms with Crippen LogP contribution >= 0.6 is 0 Å². The smallest absolute Gasteiger partial charge is 0.251 e. The largest absolute Gasteiger partial charge is 0.454 e. The Morgan fingerprint density at radius 1 is 0.966 bits per heavy atom. The van der Waals surface area contributed by atoms with Gasteiger partial charge in [-0.15, -0.1) is 0 Å². The quantitative estimate of drug-likeness (QED) is 0.798. The van der Waals surface area contributed by atoms with Gasteiger partial charge in [0.25, 0.3) is 5.91 Å². The molecule has 2 aromatic rings. The fourth-order valence-corrected chi connectivity index (χ4v) is 3.08. The van der Waals surface area contributed by atoms with Crippen LogP contribution in [0.3, 0.4) is 0 Å². The molecule has 0 aliphatic carbocycles. The van der Waals surface area contributed by atoms with Crippen molar-refractivity contribution in [1.29, 1.82) is 0 Å². The number of hydrogen-bond acceptors (Lipinski definition) is 4. The van der Waals surface area contributed by atoms with E-state index in [9.17, 15) is 9.59 Å². The van der Waals surface area contributed by atoms with Crippen molar-refractivity contribution in [2.75, 3.05) is 12.1 Å². The number of rotatable bonds is 5. The summed E-state index contributed by atoms with van der Waals surface area (Å²) in [7, 11) is 0. The Labute approximate surface area is 171 Å². The van der Waals surface area contributed by atoms with Crippen molar-refractivity contribution >= 4 is 17.5 Å². The fraction of sp³-hybridized carbons (Fsp3) is 0.391. The molecule has 6 heteroatoms. The predicted molar refractivity (Wildman–Crippen MR) is 112 cm³/mol. The van der Waals surface area contributed by atoms with E-state index < -0.39 is 6.04 Å². The van der Waals surface area contributed by atoms with Gasteiger partial charge in [-0.1, -0.05) is 46.8 Å². The van der Waals surface area contributed by atoms with Crippen LogP contribution < -0.4 is 20.1 Å². The van der Waals surface area contributed by atoms with Gasteiger partial charge >= 0.3 is 0 Å². The van der Waals surface area contributed by atoms with Crippen LogP contribution in [0.5, 0.6) is 11.5 Å². The molecule has 2 aromatic carbocycles. The molecule has 1 heterocycles. The molecule has 0 saturated carbocycles. The highest BCUT2D eigenvalue weighted by Crippen LogP contribution is 2.34. The SMILES string of the molecule is CC(C)[C@H](NC(=O)c1ccc(C(C)(C)C)cc1)C(=O)Nc1ccc2c(c1)OCO2. The molecule has 0 bridgehead atoms. The zero-order chi connectivity index (χ0) is 21.2. The van der Waals surface area contributed by atoms with Gasteiger partial charge in [-0.25, -0.2) is 0 Å². The molecule has 2 N–H and O–H groups in total. The predicted octanol–water partition coefficient (Wildman–Crippen LogP) is 4.11. The van der Waals surface area contributed by atoms with Crippen molar-refractivity contribution in [1.82, 2.24) is 5.32 Å². The van der Waals surface area contributed by atoms with E-state index in [0.29, 0.717) is 22.7 Å². The molecular formula is C23H28N2O4. The van der Waals surface area contributed by atoms with Gasteiger partial charge in [0.05, 0.1) is 0 Å². The van der Waals surface area contributed by atoms with Crippen LogP contribution in [0.25, 0.3) is 0 Å². The molecule has 6 nitrogen and oxygen atoms in total. The lowest BCUT2D eigenvalue weighted by Gasteiger charge is -2.22. The summed E-state index contributed by atoms with van der Waals surface area (Å²) in [4.78, 5) is 25.5. The van der Waals surface area contributed by atoms with Gasteiger partial charge < -0.3 is 20.1 Å². The maximum absolute atomic E-state index is 12.8. The third kappa shape index (κ3) is 4.88. The number of nitrogens with one attached hydrogen (secondary N) is 2. The van der Waals surface area contributed by atoms with Crippen LogP contribution in [-0.4, -0.2) is 24.6 Å². The van der Waals surface area contributed by atoms with Crippen molar-refractivity contribution < 1.29 is 19.1 Å². The summed E-state index contributed by atoms with van der Waals surface area (Å²) >= 11 is 0. The summed E-state index contributed by atoms with van der Waals surface area (Å²) in [5, 5.41) is 5.71. The lowest BCUT2D eigenvalue weighted by Crippen LogP contribution is -2.47. The van der Waals surface area contributed by atoms with Gasteiger partial charge in [-0.3, -0.25) is 9.59 Å². The summed E-state index contributed by atoms with van der Waals surface area (Å²) in [5.74, 6) is 0.604. The summed E-state index contributed by atoms with van der Waals surface area (Å²) in [5.41, 5.74) is 2.28. The number of hydrogen-bond donors (Lipinski definition) is 2. The highest BCUT2D eigenvalue weighted by molar-refractivity contribution is 6.01. The Kier molecular flexibility index (Phi) is 5.82. The normalized spacial score (nSPS) is 13.9. The van der Waals surface area contributed by atoms with Crippen LogP contribution in [-0.2, 0) is 10.2 Å². The van der Waals surface area contributed by atoms with E-state index in [1.165, 1.54) is 0 Å². The van der Waals surface area contributed by atoms with Crippen LogP contribution in [0.15, 0.2) is 42.5 Å². The van der Waals surface area contributed by atoms with E-state index >= 15 is 0 Å². The van der Waals surface area contributed by atoms with Crippen LogP contribution in [0.1, 0.15) is 50.5 Å². The Balaban J connectivity index is 1.69. The van der Waals surface area contributed by atoms with E-state index in [4.69, 9.17) is 9.47 Å². The molecule has 0 saturated heterocycles. The van der Waals surface area contributed by atoms with Gasteiger partial charge in [0.15, 0.2) is 11.5 Å².